The number of aliphatic carboxylic acids is 1. The third kappa shape index (κ3) is 3.63. The standard InChI is InChI=1S/C9H10O3.C3H7NO2S/c10-7-5-3-1-2-4-6(5)8(11)9(7)12;4-2(1-7)3(5)6/h5-6H,1-4H2;2,7H,1,4H2,(H,5,6)/t;2-/m.0/s1. The van der Waals surface area contributed by atoms with Crippen LogP contribution < -0.4 is 5.73 Å². The highest BCUT2D eigenvalue weighted by molar-refractivity contribution is 7.80. The molecule has 3 atom stereocenters. The van der Waals surface area contributed by atoms with Gasteiger partial charge in [-0.2, -0.15) is 12.6 Å². The SMILES string of the molecule is N[C@@H](CS)C(=O)O.O=C1C(=O)C2CCCCC2C1=O. The van der Waals surface area contributed by atoms with Crippen LogP contribution in [-0.2, 0) is 19.2 Å². The number of ketones is 3. The summed E-state index contributed by atoms with van der Waals surface area (Å²) >= 11 is 3.65. The second kappa shape index (κ2) is 6.81. The monoisotopic (exact) mass is 287 g/mol. The van der Waals surface area contributed by atoms with Crippen molar-refractivity contribution in [1.82, 2.24) is 0 Å². The summed E-state index contributed by atoms with van der Waals surface area (Å²) in [6, 6.07) is -0.816. The lowest BCUT2D eigenvalue weighted by molar-refractivity contribution is -0.141. The molecule has 0 heterocycles. The number of carbonyl (C=O) groups is 4. The molecule has 6 nitrogen and oxygen atoms in total. The van der Waals surface area contributed by atoms with Crippen LogP contribution in [0.25, 0.3) is 0 Å². The molecule has 0 aliphatic heterocycles. The predicted octanol–water partition coefficient (Wildman–Crippen LogP) is -0.158. The highest BCUT2D eigenvalue weighted by Crippen LogP contribution is 2.36. The Hall–Kier alpha value is -1.21. The zero-order valence-electron chi connectivity index (χ0n) is 10.4. The Kier molecular flexibility index (Phi) is 5.68. The van der Waals surface area contributed by atoms with E-state index in [1.165, 1.54) is 0 Å². The van der Waals surface area contributed by atoms with Gasteiger partial charge < -0.3 is 10.8 Å². The van der Waals surface area contributed by atoms with Crippen molar-refractivity contribution in [3.05, 3.63) is 0 Å². The zero-order chi connectivity index (χ0) is 14.6. The van der Waals surface area contributed by atoms with E-state index < -0.39 is 29.4 Å². The van der Waals surface area contributed by atoms with E-state index in [9.17, 15) is 19.2 Å². The summed E-state index contributed by atoms with van der Waals surface area (Å²) in [6.45, 7) is 0. The molecule has 0 amide bonds. The number of hydrogen-bond acceptors (Lipinski definition) is 6. The van der Waals surface area contributed by atoms with E-state index in [1.807, 2.05) is 0 Å². The van der Waals surface area contributed by atoms with Crippen LogP contribution in [0.4, 0.5) is 0 Å². The maximum absolute atomic E-state index is 11.2. The third-order valence-corrected chi connectivity index (χ3v) is 3.79. The van der Waals surface area contributed by atoms with Gasteiger partial charge in [-0.3, -0.25) is 19.2 Å². The third-order valence-electron chi connectivity index (χ3n) is 3.40. The Labute approximate surface area is 116 Å². The second-order valence-electron chi connectivity index (χ2n) is 4.68. The maximum atomic E-state index is 11.2. The van der Waals surface area contributed by atoms with Crippen molar-refractivity contribution in [3.8, 4) is 0 Å². The van der Waals surface area contributed by atoms with E-state index in [0.29, 0.717) is 0 Å². The molecule has 0 saturated heterocycles. The van der Waals surface area contributed by atoms with Crippen LogP contribution in [0.2, 0.25) is 0 Å². The number of carboxylic acid groups (broad SMARTS) is 1. The molecule has 0 aromatic rings. The maximum Gasteiger partial charge on any atom is 0.321 e. The second-order valence-corrected chi connectivity index (χ2v) is 5.05. The molecule has 2 unspecified atom stereocenters. The predicted molar refractivity (Wildman–Crippen MR) is 69.9 cm³/mol. The first-order valence-corrected chi connectivity index (χ1v) is 6.75. The number of thiol groups is 1. The molecule has 0 spiro atoms. The van der Waals surface area contributed by atoms with Crippen molar-refractivity contribution in [3.63, 3.8) is 0 Å². The summed E-state index contributed by atoms with van der Waals surface area (Å²) in [5.41, 5.74) is 4.94. The van der Waals surface area contributed by atoms with Crippen LogP contribution >= 0.6 is 12.6 Å². The summed E-state index contributed by atoms with van der Waals surface area (Å²) < 4.78 is 0. The van der Waals surface area contributed by atoms with Crippen molar-refractivity contribution in [2.24, 2.45) is 17.6 Å². The molecule has 0 aromatic heterocycles. The van der Waals surface area contributed by atoms with Crippen LogP contribution in [-0.4, -0.2) is 40.2 Å². The van der Waals surface area contributed by atoms with Gasteiger partial charge in [0.25, 0.3) is 5.78 Å². The van der Waals surface area contributed by atoms with E-state index in [4.69, 9.17) is 10.8 Å². The molecule has 19 heavy (non-hydrogen) atoms. The van der Waals surface area contributed by atoms with E-state index in [2.05, 4.69) is 12.6 Å². The molecule has 106 valence electrons. The molecule has 0 aromatic carbocycles. The molecule has 3 N–H and O–H groups in total. The minimum Gasteiger partial charge on any atom is -0.480 e. The van der Waals surface area contributed by atoms with Crippen LogP contribution in [0, 0.1) is 11.8 Å². The summed E-state index contributed by atoms with van der Waals surface area (Å²) in [6.07, 6.45) is 3.43. The molecular formula is C12H17NO5S. The molecule has 2 saturated carbocycles. The quantitative estimate of drug-likeness (QED) is 0.480. The normalized spacial score (nSPS) is 27.4. The number of nitrogens with two attached hydrogens (primary N) is 1. The molecule has 2 aliphatic rings. The Bertz CT molecular complexity index is 383. The Morgan fingerprint density at radius 3 is 1.89 bits per heavy atom. The minimum atomic E-state index is -1.00. The highest BCUT2D eigenvalue weighted by atomic mass is 32.1. The average molecular weight is 287 g/mol. The van der Waals surface area contributed by atoms with E-state index >= 15 is 0 Å². The smallest absolute Gasteiger partial charge is 0.321 e. The zero-order valence-corrected chi connectivity index (χ0v) is 11.3. The van der Waals surface area contributed by atoms with Crippen LogP contribution in [0.3, 0.4) is 0 Å². The summed E-state index contributed by atoms with van der Waals surface area (Å²) in [7, 11) is 0. The lowest BCUT2D eigenvalue weighted by Crippen LogP contribution is -2.31. The first-order valence-electron chi connectivity index (χ1n) is 6.11. The number of hydrogen-bond donors (Lipinski definition) is 3. The minimum absolute atomic E-state index is 0.190. The van der Waals surface area contributed by atoms with Crippen molar-refractivity contribution in [2.45, 2.75) is 31.7 Å². The van der Waals surface area contributed by atoms with Crippen LogP contribution in [0.5, 0.6) is 0 Å². The number of rotatable bonds is 2. The van der Waals surface area contributed by atoms with E-state index in [1.54, 1.807) is 0 Å². The van der Waals surface area contributed by atoms with Crippen molar-refractivity contribution < 1.29 is 24.3 Å². The fraction of sp³-hybridized carbons (Fsp3) is 0.667. The number of carboxylic acids is 1. The lowest BCUT2D eigenvalue weighted by Gasteiger charge is -2.20. The average Bonchev–Trinajstić information content (AvgIpc) is 2.64. The van der Waals surface area contributed by atoms with Crippen LogP contribution in [0.15, 0.2) is 0 Å². The van der Waals surface area contributed by atoms with E-state index in [0.717, 1.165) is 25.7 Å². The summed E-state index contributed by atoms with van der Waals surface area (Å²) in [5, 5.41) is 8.01. The van der Waals surface area contributed by atoms with Gasteiger partial charge in [0.05, 0.1) is 0 Å². The molecule has 7 heteroatoms. The van der Waals surface area contributed by atoms with Gasteiger partial charge in [-0.15, -0.1) is 0 Å². The van der Waals surface area contributed by atoms with Gasteiger partial charge in [-0.1, -0.05) is 12.8 Å². The molecule has 0 radical (unpaired) electrons. The molecule has 2 rings (SSSR count). The molecule has 2 aliphatic carbocycles. The number of carbonyl (C=O) groups excluding carboxylic acids is 3. The largest absolute Gasteiger partial charge is 0.480 e. The van der Waals surface area contributed by atoms with Crippen LogP contribution in [0.1, 0.15) is 25.7 Å². The molecule has 0 bridgehead atoms. The first kappa shape index (κ1) is 15.8. The Morgan fingerprint density at radius 2 is 1.63 bits per heavy atom. The number of Topliss-reactive ketones (excluding diaryl/α,β-unsaturated/α-hetero) is 3. The fourth-order valence-electron chi connectivity index (χ4n) is 2.29. The van der Waals surface area contributed by atoms with Gasteiger partial charge >= 0.3 is 5.97 Å². The van der Waals surface area contributed by atoms with Gasteiger partial charge in [-0.05, 0) is 12.8 Å². The topological polar surface area (TPSA) is 115 Å². The Balaban J connectivity index is 0.000000224. The summed E-state index contributed by atoms with van der Waals surface area (Å²) in [5.74, 6) is -2.91. The van der Waals surface area contributed by atoms with Gasteiger partial charge in [0.2, 0.25) is 11.6 Å². The molecular weight excluding hydrogens is 270 g/mol. The lowest BCUT2D eigenvalue weighted by atomic mass is 9.81. The van der Waals surface area contributed by atoms with Crippen molar-refractivity contribution in [2.75, 3.05) is 5.75 Å². The van der Waals surface area contributed by atoms with Crippen molar-refractivity contribution in [1.29, 1.82) is 0 Å². The van der Waals surface area contributed by atoms with Crippen molar-refractivity contribution >= 4 is 35.9 Å². The van der Waals surface area contributed by atoms with E-state index in [-0.39, 0.29) is 17.6 Å². The van der Waals surface area contributed by atoms with Gasteiger partial charge in [-0.25, -0.2) is 0 Å². The van der Waals surface area contributed by atoms with Gasteiger partial charge in [0.15, 0.2) is 0 Å². The Morgan fingerprint density at radius 1 is 1.21 bits per heavy atom. The fourth-order valence-corrected chi connectivity index (χ4v) is 2.45. The number of fused-ring (bicyclic) bond motifs is 1. The van der Waals surface area contributed by atoms with Gasteiger partial charge in [0.1, 0.15) is 6.04 Å². The summed E-state index contributed by atoms with van der Waals surface area (Å²) in [4.78, 5) is 43.1. The highest BCUT2D eigenvalue weighted by Gasteiger charge is 2.48. The molecule has 2 fully saturated rings. The van der Waals surface area contributed by atoms with Gasteiger partial charge in [0, 0.05) is 17.6 Å². The first-order chi connectivity index (χ1) is 8.90.